The van der Waals surface area contributed by atoms with E-state index >= 15 is 0 Å². The third kappa shape index (κ3) is 31.4. The van der Waals surface area contributed by atoms with Crippen molar-refractivity contribution in [3.8, 4) is 0 Å². The molecule has 3 aliphatic heterocycles. The Balaban J connectivity index is 1.75. The summed E-state index contributed by atoms with van der Waals surface area (Å²) >= 11 is 0. The number of amides is 16. The minimum Gasteiger partial charge on any atom is -0.481 e. The number of guanidine groups is 1. The van der Waals surface area contributed by atoms with E-state index in [0.717, 1.165) is 0 Å². The molecule has 0 aromatic carbocycles. The Morgan fingerprint density at radius 2 is 0.759 bits per heavy atom. The number of nitrogens with zero attached hydrogens (tertiary/aromatic N) is 3. The van der Waals surface area contributed by atoms with Crippen LogP contribution in [0.5, 0.6) is 0 Å². The number of carboxylic acid groups (broad SMARTS) is 2. The second-order valence-corrected chi connectivity index (χ2v) is 29.2. The summed E-state index contributed by atoms with van der Waals surface area (Å²) in [6.45, 7) is 12.4. The molecule has 27 N–H and O–H groups in total. The molecule has 0 aromatic rings. The van der Waals surface area contributed by atoms with E-state index in [-0.39, 0.29) is 109 Å². The number of likely N-dealkylation sites (tertiary alicyclic amines) is 3. The fraction of sp³-hybridized carbons (Fsp3) is 0.729. The van der Waals surface area contributed by atoms with Crippen LogP contribution in [0, 0.1) is 17.2 Å². The van der Waals surface area contributed by atoms with Gasteiger partial charge in [-0.25, -0.2) is 4.79 Å². The van der Waals surface area contributed by atoms with Crippen molar-refractivity contribution in [2.75, 3.05) is 39.3 Å². The first-order valence-electron chi connectivity index (χ1n) is 38.2. The zero-order chi connectivity index (χ0) is 84.4. The first-order valence-corrected chi connectivity index (χ1v) is 38.2. The molecule has 3 saturated heterocycles. The molecular weight excluding hydrogens is 1470 g/mol. The molecule has 0 radical (unpaired) electrons. The second-order valence-electron chi connectivity index (χ2n) is 29.2. The van der Waals surface area contributed by atoms with Crippen molar-refractivity contribution in [2.24, 2.45) is 46.2 Å². The van der Waals surface area contributed by atoms with E-state index in [1.54, 1.807) is 27.7 Å². The first-order chi connectivity index (χ1) is 52.6. The lowest BCUT2D eigenvalue weighted by molar-refractivity contribution is -0.145. The maximum Gasteiger partial charge on any atom is 0.326 e. The van der Waals surface area contributed by atoms with Crippen molar-refractivity contribution in [3.05, 3.63) is 0 Å². The summed E-state index contributed by atoms with van der Waals surface area (Å²) in [6.07, 6.45) is 1.08. The molecule has 15 atom stereocenters. The molecule has 112 heavy (non-hydrogen) atoms. The summed E-state index contributed by atoms with van der Waals surface area (Å²) in [5, 5.41) is 57.1. The van der Waals surface area contributed by atoms with E-state index in [4.69, 9.17) is 39.8 Å². The van der Waals surface area contributed by atoms with Gasteiger partial charge in [0.05, 0.1) is 6.04 Å². The van der Waals surface area contributed by atoms with Gasteiger partial charge in [0.25, 0.3) is 0 Å². The summed E-state index contributed by atoms with van der Waals surface area (Å²) in [4.78, 5) is 245. The van der Waals surface area contributed by atoms with Gasteiger partial charge in [0, 0.05) is 45.4 Å². The predicted molar refractivity (Wildman–Crippen MR) is 402 cm³/mol. The SMILES string of the molecule is CC(C)[C@H](NC(=O)[C@H](CCCCN)NC(=O)[C@H](CCCNC(=N)N)NC(=O)[C@@H]1CCCN1C(=O)[C@H](C)NC(=O)[C@H](C)NC(=O)[C@H](CCC(N)=O)NC(=O)[C@@H]1CCCN1C(=O)[C@@H](NC(=O)[C@@H]1CCCN1C(=O)[C@H](CCC(=O)O)NC(=O)[C@@H](N)CCCCN)C(C)C)C(=O)N[C@@H](C)C(=O)N[C@@H](C)C(=O)N[C@@H](CCC(N)=O)C(=O)O. The van der Waals surface area contributed by atoms with Crippen molar-refractivity contribution in [3.63, 3.8) is 0 Å². The Bertz CT molecular complexity index is 3350. The largest absolute Gasteiger partial charge is 0.481 e. The van der Waals surface area contributed by atoms with Crippen LogP contribution < -0.4 is 98.2 Å². The van der Waals surface area contributed by atoms with Crippen LogP contribution in [0.25, 0.3) is 0 Å². The minimum atomic E-state index is -1.53. The maximum atomic E-state index is 14.5. The fourth-order valence-electron chi connectivity index (χ4n) is 12.8. The van der Waals surface area contributed by atoms with Gasteiger partial charge in [-0.1, -0.05) is 34.1 Å². The molecule has 3 heterocycles. The lowest BCUT2D eigenvalue weighted by Crippen LogP contribution is -2.60. The highest BCUT2D eigenvalue weighted by molar-refractivity contribution is 6.01. The van der Waals surface area contributed by atoms with Gasteiger partial charge in [-0.3, -0.25) is 86.9 Å². The van der Waals surface area contributed by atoms with Gasteiger partial charge < -0.3 is 123 Å². The standard InChI is InChI=1S/C70H120N22O20/c1-35(2)53(65(107)81-38(6)55(97)79-39(7)57(99)87-46(69(111)112)24-27-51(75)94)88-61(103)42(18-10-12-30-72)83-60(102)43(19-13-31-78-70(76)77)84-62(104)47-20-14-32-90(47)66(108)40(8)82-56(98)37(5)80-59(101)44(23-26-50(74)93)85-63(105)48-21-16-34-92(48)68(110)54(36(3)4)89-64(106)49-22-15-33-91(49)67(109)45(25-28-52(95)96)86-58(100)41(73)17-9-11-29-71/h35-49,53-54H,9-34,71-73H2,1-8H3,(H2,74,93)(H2,75,94)(H,79,97)(H,80,101)(H,81,107)(H,82,98)(H,83,102)(H,84,104)(H,85,105)(H,86,100)(H,87,99)(H,88,103)(H,89,106)(H,95,96)(H,111,112)(H4,76,77,78)/t37-,38-,39-,40-,41-,42-,43-,44-,45-,46-,47-,48-,49-,53-,54-/m0/s1. The Labute approximate surface area is 650 Å². The van der Waals surface area contributed by atoms with Crippen LogP contribution in [0.15, 0.2) is 0 Å². The zero-order valence-corrected chi connectivity index (χ0v) is 65.2. The molecular formula is C70H120N22O20. The third-order valence-corrected chi connectivity index (χ3v) is 19.4. The van der Waals surface area contributed by atoms with Crippen LogP contribution in [0.1, 0.15) is 184 Å². The van der Waals surface area contributed by atoms with Gasteiger partial charge in [-0.15, -0.1) is 0 Å². The van der Waals surface area contributed by atoms with E-state index in [9.17, 15) is 96.5 Å². The Morgan fingerprint density at radius 1 is 0.384 bits per heavy atom. The summed E-state index contributed by atoms with van der Waals surface area (Å²) in [5.74, 6) is -17.4. The molecule has 42 nitrogen and oxygen atoms in total. The molecule has 16 amide bonds. The smallest absolute Gasteiger partial charge is 0.326 e. The van der Waals surface area contributed by atoms with E-state index in [2.05, 4.69) is 63.8 Å². The monoisotopic (exact) mass is 1590 g/mol. The lowest BCUT2D eigenvalue weighted by atomic mass is 10.0. The Hall–Kier alpha value is -10.4. The number of rotatable bonds is 49. The van der Waals surface area contributed by atoms with Gasteiger partial charge >= 0.3 is 11.9 Å². The number of carboxylic acids is 2. The Morgan fingerprint density at radius 3 is 1.23 bits per heavy atom. The normalized spacial score (nSPS) is 18.5. The van der Waals surface area contributed by atoms with E-state index in [1.807, 2.05) is 0 Å². The Kier molecular flexibility index (Phi) is 40.8. The summed E-state index contributed by atoms with van der Waals surface area (Å²) in [7, 11) is 0. The summed E-state index contributed by atoms with van der Waals surface area (Å²) in [5.41, 5.74) is 33.5. The van der Waals surface area contributed by atoms with Crippen molar-refractivity contribution in [1.29, 1.82) is 5.41 Å². The average Bonchev–Trinajstić information content (AvgIpc) is 1.63. The van der Waals surface area contributed by atoms with E-state index in [1.165, 1.54) is 42.4 Å². The number of hydrogen-bond donors (Lipinski definition) is 21. The number of nitrogens with one attached hydrogen (secondary N) is 13. The number of unbranched alkanes of at least 4 members (excludes halogenated alkanes) is 2. The molecule has 0 saturated carbocycles. The van der Waals surface area contributed by atoms with Crippen LogP contribution in [-0.2, 0) is 86.3 Å². The number of aliphatic carboxylic acids is 2. The summed E-state index contributed by atoms with van der Waals surface area (Å²) < 4.78 is 0. The molecule has 0 spiro atoms. The van der Waals surface area contributed by atoms with Crippen LogP contribution in [0.4, 0.5) is 0 Å². The quantitative estimate of drug-likeness (QED) is 0.0153. The van der Waals surface area contributed by atoms with Crippen LogP contribution in [0.3, 0.4) is 0 Å². The van der Waals surface area contributed by atoms with Crippen molar-refractivity contribution < 1.29 is 96.5 Å². The topological polar surface area (TPSA) is 682 Å². The molecule has 0 aromatic heterocycles. The highest BCUT2D eigenvalue weighted by Crippen LogP contribution is 2.25. The van der Waals surface area contributed by atoms with Crippen molar-refractivity contribution in [2.45, 2.75) is 274 Å². The maximum absolute atomic E-state index is 14.5. The van der Waals surface area contributed by atoms with Gasteiger partial charge in [0.1, 0.15) is 84.6 Å². The number of primary amides is 2. The first kappa shape index (κ1) is 95.8. The lowest BCUT2D eigenvalue weighted by Gasteiger charge is -2.33. The van der Waals surface area contributed by atoms with E-state index in [0.29, 0.717) is 51.5 Å². The predicted octanol–water partition coefficient (Wildman–Crippen LogP) is -6.99. The van der Waals surface area contributed by atoms with Gasteiger partial charge in [0.15, 0.2) is 5.96 Å². The molecule has 0 aliphatic carbocycles. The number of nitrogens with two attached hydrogens (primary N) is 6. The van der Waals surface area contributed by atoms with Crippen LogP contribution in [-0.4, -0.2) is 267 Å². The van der Waals surface area contributed by atoms with Crippen molar-refractivity contribution >= 4 is 112 Å². The summed E-state index contributed by atoms with van der Waals surface area (Å²) in [6, 6.07) is -19.8. The van der Waals surface area contributed by atoms with E-state index < -0.39 is 222 Å². The molecule has 0 unspecified atom stereocenters. The average molecular weight is 1590 g/mol. The van der Waals surface area contributed by atoms with Crippen LogP contribution in [0.2, 0.25) is 0 Å². The van der Waals surface area contributed by atoms with Crippen molar-refractivity contribution in [1.82, 2.24) is 78.5 Å². The second kappa shape index (κ2) is 47.7. The third-order valence-electron chi connectivity index (χ3n) is 19.4. The minimum absolute atomic E-state index is 0.0154. The molecule has 630 valence electrons. The highest BCUT2D eigenvalue weighted by Gasteiger charge is 2.45. The number of carbonyl (C=O) groups is 18. The molecule has 3 rings (SSSR count). The van der Waals surface area contributed by atoms with Gasteiger partial charge in [-0.05, 0) is 155 Å². The highest BCUT2D eigenvalue weighted by atomic mass is 16.4. The fourth-order valence-corrected chi connectivity index (χ4v) is 12.8. The molecule has 0 bridgehead atoms. The molecule has 3 aliphatic rings. The molecule has 42 heteroatoms. The van der Waals surface area contributed by atoms with Gasteiger partial charge in [-0.2, -0.15) is 0 Å². The molecule has 3 fully saturated rings. The van der Waals surface area contributed by atoms with Gasteiger partial charge in [0.2, 0.25) is 94.5 Å². The number of carbonyl (C=O) groups excluding carboxylic acids is 16. The number of hydrogen-bond acceptors (Lipinski definition) is 22. The van der Waals surface area contributed by atoms with Crippen LogP contribution >= 0.6 is 0 Å². The zero-order valence-electron chi connectivity index (χ0n) is 65.2.